The molecule has 24 heavy (non-hydrogen) atoms. The summed E-state index contributed by atoms with van der Waals surface area (Å²) in [4.78, 5) is 13.9. The molecule has 1 saturated heterocycles. The van der Waals surface area contributed by atoms with Gasteiger partial charge in [-0.05, 0) is 44.1 Å². The van der Waals surface area contributed by atoms with Gasteiger partial charge in [0.05, 0.1) is 16.9 Å². The van der Waals surface area contributed by atoms with E-state index in [0.717, 1.165) is 25.2 Å². The Morgan fingerprint density at radius 3 is 2.75 bits per heavy atom. The summed E-state index contributed by atoms with van der Waals surface area (Å²) < 4.78 is 7.64. The van der Waals surface area contributed by atoms with Crippen LogP contribution in [0.2, 0.25) is 5.02 Å². The molecule has 0 radical (unpaired) electrons. The van der Waals surface area contributed by atoms with Crippen LogP contribution >= 0.6 is 11.6 Å². The van der Waals surface area contributed by atoms with E-state index >= 15 is 0 Å². The van der Waals surface area contributed by atoms with Crippen molar-refractivity contribution >= 4 is 17.5 Å². The van der Waals surface area contributed by atoms with Gasteiger partial charge in [0.2, 0.25) is 5.91 Å². The quantitative estimate of drug-likeness (QED) is 0.869. The average molecular weight is 349 g/mol. The molecule has 128 valence electrons. The van der Waals surface area contributed by atoms with Crippen LogP contribution in [0.5, 0.6) is 5.75 Å². The predicted molar refractivity (Wildman–Crippen MR) is 93.3 cm³/mol. The molecule has 0 spiro atoms. The van der Waals surface area contributed by atoms with E-state index in [2.05, 4.69) is 10.00 Å². The first kappa shape index (κ1) is 16.8. The second-order valence-electron chi connectivity index (χ2n) is 5.94. The van der Waals surface area contributed by atoms with E-state index in [9.17, 15) is 4.79 Å². The molecule has 2 aromatic rings. The minimum absolute atomic E-state index is 0.411. The zero-order chi connectivity index (χ0) is 17.1. The van der Waals surface area contributed by atoms with Crippen LogP contribution in [0.25, 0.3) is 11.3 Å². The molecule has 0 aliphatic carbocycles. The topological polar surface area (TPSA) is 73.4 Å². The number of aromatic nitrogens is 2. The van der Waals surface area contributed by atoms with Gasteiger partial charge in [-0.25, -0.2) is 0 Å². The van der Waals surface area contributed by atoms with Crippen LogP contribution in [0.3, 0.4) is 0 Å². The first-order valence-electron chi connectivity index (χ1n) is 8.03. The number of carbonyl (C=O) groups is 1. The number of halogens is 1. The van der Waals surface area contributed by atoms with E-state index in [4.69, 9.17) is 22.1 Å². The molecule has 1 fully saturated rings. The van der Waals surface area contributed by atoms with E-state index in [1.807, 2.05) is 0 Å². The lowest BCUT2D eigenvalue weighted by molar-refractivity contribution is 0.100. The monoisotopic (exact) mass is 348 g/mol. The van der Waals surface area contributed by atoms with Crippen LogP contribution in [0.1, 0.15) is 23.2 Å². The highest BCUT2D eigenvalue weighted by molar-refractivity contribution is 6.33. The summed E-state index contributed by atoms with van der Waals surface area (Å²) in [5, 5.41) is 4.66. The summed E-state index contributed by atoms with van der Waals surface area (Å²) in [5.74, 6) is 0.183. The van der Waals surface area contributed by atoms with Crippen LogP contribution in [-0.2, 0) is 7.05 Å². The molecule has 1 aliphatic rings. The molecule has 6 nitrogen and oxygen atoms in total. The number of hydrogen-bond acceptors (Lipinski definition) is 4. The zero-order valence-electron chi connectivity index (χ0n) is 13.7. The number of ether oxygens (including phenoxy) is 1. The average Bonchev–Trinajstić information content (AvgIpc) is 3.18. The Kier molecular flexibility index (Phi) is 5.06. The van der Waals surface area contributed by atoms with Crippen LogP contribution < -0.4 is 10.5 Å². The van der Waals surface area contributed by atoms with Crippen molar-refractivity contribution in [3.63, 3.8) is 0 Å². The lowest BCUT2D eigenvalue weighted by Crippen LogP contribution is -2.25. The number of carbonyl (C=O) groups excluding carboxylic acids is 1. The third kappa shape index (κ3) is 3.55. The van der Waals surface area contributed by atoms with Gasteiger partial charge in [0, 0.05) is 24.7 Å². The molecule has 1 aromatic carbocycles. The van der Waals surface area contributed by atoms with Crippen molar-refractivity contribution in [2.24, 2.45) is 12.8 Å². The minimum atomic E-state index is -0.488. The first-order valence-corrected chi connectivity index (χ1v) is 8.41. The van der Waals surface area contributed by atoms with Gasteiger partial charge in [-0.2, -0.15) is 5.10 Å². The van der Waals surface area contributed by atoms with Gasteiger partial charge < -0.3 is 10.5 Å². The van der Waals surface area contributed by atoms with Gasteiger partial charge in [0.25, 0.3) is 0 Å². The van der Waals surface area contributed by atoms with Crippen LogP contribution in [0.4, 0.5) is 0 Å². The third-order valence-corrected chi connectivity index (χ3v) is 4.55. The minimum Gasteiger partial charge on any atom is -0.492 e. The molecule has 0 bridgehead atoms. The van der Waals surface area contributed by atoms with Crippen molar-refractivity contribution in [3.05, 3.63) is 35.0 Å². The fourth-order valence-corrected chi connectivity index (χ4v) is 3.27. The van der Waals surface area contributed by atoms with Crippen molar-refractivity contribution in [3.8, 4) is 17.0 Å². The Morgan fingerprint density at radius 1 is 1.38 bits per heavy atom. The van der Waals surface area contributed by atoms with Gasteiger partial charge in [0.1, 0.15) is 12.4 Å². The number of amides is 1. The third-order valence-electron chi connectivity index (χ3n) is 4.28. The molecule has 2 heterocycles. The maximum Gasteiger partial charge on any atom is 0.248 e. The molecule has 0 saturated carbocycles. The fourth-order valence-electron chi connectivity index (χ4n) is 3.00. The van der Waals surface area contributed by atoms with Crippen LogP contribution in [-0.4, -0.2) is 46.8 Å². The number of hydrogen-bond donors (Lipinski definition) is 1. The highest BCUT2D eigenvalue weighted by Crippen LogP contribution is 2.35. The molecule has 3 rings (SSSR count). The lowest BCUT2D eigenvalue weighted by Gasteiger charge is -2.17. The highest BCUT2D eigenvalue weighted by Gasteiger charge is 2.17. The Balaban J connectivity index is 1.85. The van der Waals surface area contributed by atoms with Crippen molar-refractivity contribution in [1.29, 1.82) is 0 Å². The normalized spacial score (nSPS) is 14.9. The van der Waals surface area contributed by atoms with Crippen LogP contribution in [0.15, 0.2) is 24.4 Å². The molecule has 0 atom stereocenters. The number of benzene rings is 1. The number of likely N-dealkylation sites (tertiary alicyclic amines) is 1. The first-order chi connectivity index (χ1) is 11.6. The lowest BCUT2D eigenvalue weighted by atomic mass is 10.1. The maximum atomic E-state index is 11.5. The summed E-state index contributed by atoms with van der Waals surface area (Å²) in [6, 6.07) is 5.14. The zero-order valence-corrected chi connectivity index (χ0v) is 14.4. The Labute approximate surface area is 146 Å². The van der Waals surface area contributed by atoms with E-state index in [1.165, 1.54) is 12.8 Å². The number of nitrogens with zero attached hydrogens (tertiary/aromatic N) is 3. The maximum absolute atomic E-state index is 11.5. The summed E-state index contributed by atoms with van der Waals surface area (Å²) in [5.41, 5.74) is 7.24. The van der Waals surface area contributed by atoms with Gasteiger partial charge >= 0.3 is 0 Å². The molecule has 7 heteroatoms. The van der Waals surface area contributed by atoms with Crippen molar-refractivity contribution in [2.45, 2.75) is 12.8 Å². The highest BCUT2D eigenvalue weighted by atomic mass is 35.5. The summed E-state index contributed by atoms with van der Waals surface area (Å²) in [6.45, 7) is 3.73. The number of rotatable bonds is 6. The summed E-state index contributed by atoms with van der Waals surface area (Å²) in [7, 11) is 1.80. The van der Waals surface area contributed by atoms with E-state index < -0.39 is 5.91 Å². The Bertz CT molecular complexity index is 719. The fraction of sp³-hybridized carbons (Fsp3) is 0.412. The molecular weight excluding hydrogens is 328 g/mol. The second-order valence-corrected chi connectivity index (χ2v) is 6.34. The largest absolute Gasteiger partial charge is 0.492 e. The van der Waals surface area contributed by atoms with E-state index in [-0.39, 0.29) is 0 Å². The standard InChI is InChI=1S/C17H21ClN4O2/c1-21-16(14(18)11-20-21)13-10-12(17(19)23)4-5-15(13)24-9-8-22-6-2-3-7-22/h4-5,10-11H,2-3,6-9H2,1H3,(H2,19,23). The van der Waals surface area contributed by atoms with Gasteiger partial charge in [0.15, 0.2) is 0 Å². The molecule has 1 aliphatic heterocycles. The molecule has 1 amide bonds. The molecule has 2 N–H and O–H groups in total. The summed E-state index contributed by atoms with van der Waals surface area (Å²) >= 11 is 6.26. The smallest absolute Gasteiger partial charge is 0.248 e. The van der Waals surface area contributed by atoms with Crippen molar-refractivity contribution in [2.75, 3.05) is 26.2 Å². The Morgan fingerprint density at radius 2 is 2.12 bits per heavy atom. The molecule has 1 aromatic heterocycles. The van der Waals surface area contributed by atoms with Gasteiger partial charge in [-0.3, -0.25) is 14.4 Å². The van der Waals surface area contributed by atoms with Gasteiger partial charge in [-0.1, -0.05) is 11.6 Å². The van der Waals surface area contributed by atoms with Crippen molar-refractivity contribution in [1.82, 2.24) is 14.7 Å². The molecule has 0 unspecified atom stereocenters. The number of aryl methyl sites for hydroxylation is 1. The van der Waals surface area contributed by atoms with E-state index in [0.29, 0.717) is 28.6 Å². The Hall–Kier alpha value is -2.05. The second kappa shape index (κ2) is 7.23. The van der Waals surface area contributed by atoms with Crippen molar-refractivity contribution < 1.29 is 9.53 Å². The number of nitrogens with two attached hydrogens (primary N) is 1. The van der Waals surface area contributed by atoms with Crippen LogP contribution in [0, 0.1) is 0 Å². The number of primary amides is 1. The predicted octanol–water partition coefficient (Wildman–Crippen LogP) is 2.31. The van der Waals surface area contributed by atoms with E-state index in [1.54, 1.807) is 36.1 Å². The molecular formula is C17H21ClN4O2. The van der Waals surface area contributed by atoms with Gasteiger partial charge in [-0.15, -0.1) is 0 Å². The SMILES string of the molecule is Cn1ncc(Cl)c1-c1cc(C(N)=O)ccc1OCCN1CCCC1. The summed E-state index contributed by atoms with van der Waals surface area (Å²) in [6.07, 6.45) is 4.08.